The minimum atomic E-state index is -3.54. The molecule has 0 unspecified atom stereocenters. The highest BCUT2D eigenvalue weighted by atomic mass is 32.2. The van der Waals surface area contributed by atoms with E-state index in [0.717, 1.165) is 35.7 Å². The zero-order valence-corrected chi connectivity index (χ0v) is 45.0. The Morgan fingerprint density at radius 2 is 1.65 bits per heavy atom. The Bertz CT molecular complexity index is 3230. The number of unbranched alkanes of at least 4 members (excludes halogenated alkanes) is 3. The van der Waals surface area contributed by atoms with Gasteiger partial charge >= 0.3 is 5.97 Å². The van der Waals surface area contributed by atoms with E-state index in [0.29, 0.717) is 91.2 Å². The number of sulfone groups is 1. The molecule has 1 aromatic carbocycles. The molecule has 7 heterocycles. The van der Waals surface area contributed by atoms with E-state index < -0.39 is 51.2 Å². The van der Waals surface area contributed by atoms with E-state index in [4.69, 9.17) is 19.2 Å². The molecule has 412 valence electrons. The van der Waals surface area contributed by atoms with Crippen LogP contribution in [0.5, 0.6) is 11.5 Å². The van der Waals surface area contributed by atoms with Crippen LogP contribution in [-0.4, -0.2) is 141 Å². The Labute approximate surface area is 445 Å². The number of rotatable bonds is 25. The van der Waals surface area contributed by atoms with Crippen LogP contribution in [0.1, 0.15) is 101 Å². The quantitative estimate of drug-likeness (QED) is 0.0311. The summed E-state index contributed by atoms with van der Waals surface area (Å²) in [7, 11) is 0.353. The van der Waals surface area contributed by atoms with Gasteiger partial charge in [-0.3, -0.25) is 28.7 Å². The summed E-state index contributed by atoms with van der Waals surface area (Å²) in [4.78, 5) is 95.5. The van der Waals surface area contributed by atoms with E-state index in [1.165, 1.54) is 12.4 Å². The van der Waals surface area contributed by atoms with Crippen LogP contribution in [0.3, 0.4) is 0 Å². The van der Waals surface area contributed by atoms with Crippen molar-refractivity contribution in [3.63, 3.8) is 0 Å². The van der Waals surface area contributed by atoms with E-state index in [9.17, 15) is 42.3 Å². The van der Waals surface area contributed by atoms with E-state index in [2.05, 4.69) is 41.5 Å². The van der Waals surface area contributed by atoms with Gasteiger partial charge < -0.3 is 50.1 Å². The van der Waals surface area contributed by atoms with Crippen molar-refractivity contribution in [3.8, 4) is 34.1 Å². The smallest absolute Gasteiger partial charge is 0.343 e. The molecule has 0 bridgehead atoms. The lowest BCUT2D eigenvalue weighted by Crippen LogP contribution is -2.56. The van der Waals surface area contributed by atoms with E-state index in [1.54, 1.807) is 48.3 Å². The van der Waals surface area contributed by atoms with Gasteiger partial charge in [0.1, 0.15) is 24.4 Å². The molecule has 24 nitrogen and oxygen atoms in total. The first-order valence-electron chi connectivity index (χ1n) is 25.9. The zero-order chi connectivity index (χ0) is 55.2. The number of benzene rings is 1. The molecule has 77 heavy (non-hydrogen) atoms. The Morgan fingerprint density at radius 3 is 2.36 bits per heavy atom. The fourth-order valence-electron chi connectivity index (χ4n) is 9.69. The third-order valence-corrected chi connectivity index (χ3v) is 14.9. The maximum absolute atomic E-state index is 14.0. The molecule has 0 saturated heterocycles. The van der Waals surface area contributed by atoms with E-state index in [-0.39, 0.29) is 79.5 Å². The molecule has 3 aliphatic rings. The summed E-state index contributed by atoms with van der Waals surface area (Å²) >= 11 is 0. The van der Waals surface area contributed by atoms with Crippen LogP contribution in [0.2, 0.25) is 0 Å². The minimum Gasteiger partial charge on any atom is -0.458 e. The largest absolute Gasteiger partial charge is 0.458 e. The monoisotopic (exact) mass is 1080 g/mol. The number of aromatic nitrogens is 7. The molecular formula is C52H66N12O12S. The minimum absolute atomic E-state index is 0.00814. The number of pyridine rings is 2. The summed E-state index contributed by atoms with van der Waals surface area (Å²) in [5.74, 6) is -1.85. The lowest BCUT2D eigenvalue weighted by molar-refractivity contribution is -0.172. The number of carbonyl (C=O) groups is 5. The van der Waals surface area contributed by atoms with Crippen molar-refractivity contribution in [2.45, 2.75) is 128 Å². The maximum Gasteiger partial charge on any atom is 0.343 e. The number of ether oxygens (including phenoxy) is 3. The first kappa shape index (κ1) is 55.8. The lowest BCUT2D eigenvalue weighted by Gasteiger charge is -2.31. The molecule has 3 aliphatic heterocycles. The number of nitrogens with zero attached hydrogens (tertiary/aromatic N) is 8. The fraction of sp³-hybridized carbons (Fsp3) is 0.519. The third-order valence-electron chi connectivity index (χ3n) is 14.0. The number of aliphatic hydroxyl groups is 1. The number of esters is 1. The summed E-state index contributed by atoms with van der Waals surface area (Å²) in [6, 6.07) is 3.40. The molecular weight excluding hydrogens is 1020 g/mol. The van der Waals surface area contributed by atoms with Crippen LogP contribution >= 0.6 is 0 Å². The average molecular weight is 1080 g/mol. The Morgan fingerprint density at radius 1 is 0.896 bits per heavy atom. The topological polar surface area (TPSA) is 310 Å². The second-order valence-corrected chi connectivity index (χ2v) is 22.2. The Balaban J connectivity index is 0.838. The van der Waals surface area contributed by atoms with Crippen LogP contribution in [0.15, 0.2) is 46.7 Å². The summed E-state index contributed by atoms with van der Waals surface area (Å²) in [5, 5.41) is 31.4. The number of carbonyl (C=O) groups excluding carboxylic acids is 5. The molecule has 8 rings (SSSR count). The van der Waals surface area contributed by atoms with Crippen LogP contribution in [0.4, 0.5) is 0 Å². The number of fused-ring (bicyclic) bond motifs is 6. The maximum atomic E-state index is 14.0. The van der Waals surface area contributed by atoms with Crippen LogP contribution in [0, 0.1) is 5.92 Å². The highest BCUT2D eigenvalue weighted by Gasteiger charge is 2.45. The highest BCUT2D eigenvalue weighted by Crippen LogP contribution is 2.43. The standard InChI is InChI=1S/C52H66N12O12S/c1-7-52(71)36-21-40-46-34(26-64(40)49(69)35(36)28-74-50(52)70)32(33-20-41-42(76-29-75-41)22-38(33)57-46)14-13-17-53-44(66)25-54-47(67)37(15-10-12-18-62(4)5)58-48(68)45(30(2)3)59-43(65)16-9-8-11-19-63-27-39(60-61-63)31-23-55-51(56-24-31)77(6,72)73/h20-24,27,30,37,45,71H,7-19,25-26,28-29H2,1-6H3,(H,53,66)(H,54,67)(H,58,68)(H,59,65)/t37-,45-,52-/m0/s1. The molecule has 0 saturated carbocycles. The average Bonchev–Trinajstić information content (AvgIpc) is 4.17. The Hall–Kier alpha value is -7.38. The first-order chi connectivity index (χ1) is 36.7. The van der Waals surface area contributed by atoms with Crippen molar-refractivity contribution >= 4 is 50.3 Å². The predicted molar refractivity (Wildman–Crippen MR) is 279 cm³/mol. The molecule has 4 amide bonds. The first-order valence-corrected chi connectivity index (χ1v) is 27.8. The third kappa shape index (κ3) is 12.7. The van der Waals surface area contributed by atoms with Crippen molar-refractivity contribution in [3.05, 3.63) is 69.4 Å². The predicted octanol–water partition coefficient (Wildman–Crippen LogP) is 2.04. The number of cyclic esters (lactones) is 1. The van der Waals surface area contributed by atoms with Gasteiger partial charge in [0.25, 0.3) is 5.56 Å². The fourth-order valence-corrected chi connectivity index (χ4v) is 10.2. The Kier molecular flexibility index (Phi) is 17.3. The van der Waals surface area contributed by atoms with Gasteiger partial charge in [-0.05, 0) is 95.6 Å². The highest BCUT2D eigenvalue weighted by molar-refractivity contribution is 7.90. The second kappa shape index (κ2) is 23.9. The number of hydrogen-bond donors (Lipinski definition) is 5. The SMILES string of the molecule is CC[C@@]1(O)C(=O)OCc2c1cc1n(c2=O)Cc2c-1nc1cc3c(cc1c2CCCNC(=O)CNC(=O)[C@H](CCCCN(C)C)NC(=O)[C@@H](NC(=O)CCCCCn1cc(-c2cnc(S(C)(=O)=O)nc2)nn1)C(C)C)OCO3. The molecule has 5 aromatic rings. The van der Waals surface area contributed by atoms with Crippen molar-refractivity contribution in [2.75, 3.05) is 46.8 Å². The molecule has 3 atom stereocenters. The number of aryl methyl sites for hydroxylation is 2. The van der Waals surface area contributed by atoms with Gasteiger partial charge in [-0.15, -0.1) is 5.10 Å². The molecule has 0 spiro atoms. The van der Waals surface area contributed by atoms with Crippen molar-refractivity contribution in [2.24, 2.45) is 5.92 Å². The van der Waals surface area contributed by atoms with Gasteiger partial charge in [-0.1, -0.05) is 32.4 Å². The van der Waals surface area contributed by atoms with Gasteiger partial charge in [0, 0.05) is 66.3 Å². The number of nitrogens with one attached hydrogen (secondary N) is 4. The van der Waals surface area contributed by atoms with Crippen LogP contribution in [-0.2, 0) is 70.3 Å². The van der Waals surface area contributed by atoms with Gasteiger partial charge in [0.2, 0.25) is 45.4 Å². The second-order valence-electron chi connectivity index (χ2n) is 20.3. The van der Waals surface area contributed by atoms with Crippen molar-refractivity contribution in [1.82, 2.24) is 60.7 Å². The van der Waals surface area contributed by atoms with Gasteiger partial charge in [-0.2, -0.15) is 0 Å². The van der Waals surface area contributed by atoms with E-state index >= 15 is 0 Å². The van der Waals surface area contributed by atoms with Crippen LogP contribution in [0.25, 0.3) is 33.5 Å². The van der Waals surface area contributed by atoms with Crippen LogP contribution < -0.4 is 36.3 Å². The van der Waals surface area contributed by atoms with Crippen molar-refractivity contribution < 1.29 is 51.7 Å². The van der Waals surface area contributed by atoms with Gasteiger partial charge in [0.05, 0.1) is 41.8 Å². The number of hydrogen-bond acceptors (Lipinski definition) is 18. The molecule has 0 fully saturated rings. The number of amides is 4. The summed E-state index contributed by atoms with van der Waals surface area (Å²) in [6.07, 6.45) is 10.1. The summed E-state index contributed by atoms with van der Waals surface area (Å²) < 4.78 is 43.2. The summed E-state index contributed by atoms with van der Waals surface area (Å²) in [5.41, 5.74) is 2.30. The van der Waals surface area contributed by atoms with Gasteiger partial charge in [0.15, 0.2) is 17.1 Å². The molecule has 4 aromatic heterocycles. The molecule has 25 heteroatoms. The summed E-state index contributed by atoms with van der Waals surface area (Å²) in [6.45, 7) is 6.40. The molecule has 0 aliphatic carbocycles. The lowest BCUT2D eigenvalue weighted by atomic mass is 9.86. The van der Waals surface area contributed by atoms with Crippen molar-refractivity contribution in [1.29, 1.82) is 0 Å². The normalized spacial score (nSPS) is 16.1. The molecule has 5 N–H and O–H groups in total. The molecule has 0 radical (unpaired) electrons. The van der Waals surface area contributed by atoms with Gasteiger partial charge in [-0.25, -0.2) is 28.2 Å². The zero-order valence-electron chi connectivity index (χ0n) is 44.1. The van der Waals surface area contributed by atoms with E-state index in [1.807, 2.05) is 25.1 Å².